The third-order valence-electron chi connectivity index (χ3n) is 4.19. The molecule has 0 bridgehead atoms. The average Bonchev–Trinajstić information content (AvgIpc) is 3.36. The summed E-state index contributed by atoms with van der Waals surface area (Å²) in [6.45, 7) is 9.59. The topological polar surface area (TPSA) is 38.8 Å². The minimum atomic E-state index is -0.0974. The average molecular weight is 324 g/mol. The number of rotatable bonds is 5. The Labute approximate surface area is 143 Å². The molecule has 24 heavy (non-hydrogen) atoms. The van der Waals surface area contributed by atoms with Crippen LogP contribution in [0.4, 0.5) is 0 Å². The molecule has 126 valence electrons. The highest BCUT2D eigenvalue weighted by molar-refractivity contribution is 6.11. The third-order valence-corrected chi connectivity index (χ3v) is 4.19. The van der Waals surface area contributed by atoms with Crippen LogP contribution in [0.1, 0.15) is 47.8 Å². The standard InChI is InChI=1S/C21H24O3/c1-14-9-10-17(19(11-14)24-13-15-12-23-15)20(22)16-7-5-6-8-18(16)21(2,3)4/h5-11,15H,12-13H2,1-4H3. The van der Waals surface area contributed by atoms with Crippen molar-refractivity contribution in [1.29, 1.82) is 0 Å². The van der Waals surface area contributed by atoms with Gasteiger partial charge in [-0.1, -0.05) is 51.1 Å². The molecule has 0 amide bonds. The van der Waals surface area contributed by atoms with E-state index < -0.39 is 0 Å². The van der Waals surface area contributed by atoms with Gasteiger partial charge in [0.05, 0.1) is 12.2 Å². The molecule has 0 spiro atoms. The maximum Gasteiger partial charge on any atom is 0.197 e. The van der Waals surface area contributed by atoms with Crippen molar-refractivity contribution in [3.63, 3.8) is 0 Å². The van der Waals surface area contributed by atoms with Crippen molar-refractivity contribution in [2.45, 2.75) is 39.2 Å². The predicted octanol–water partition coefficient (Wildman–Crippen LogP) is 4.30. The van der Waals surface area contributed by atoms with Crippen molar-refractivity contribution in [3.8, 4) is 5.75 Å². The predicted molar refractivity (Wildman–Crippen MR) is 95.0 cm³/mol. The van der Waals surface area contributed by atoms with Crippen molar-refractivity contribution in [3.05, 3.63) is 64.7 Å². The molecule has 1 atom stereocenters. The van der Waals surface area contributed by atoms with E-state index in [0.717, 1.165) is 23.3 Å². The fraction of sp³-hybridized carbons (Fsp3) is 0.381. The molecule has 1 unspecified atom stereocenters. The minimum absolute atomic E-state index is 0.00670. The van der Waals surface area contributed by atoms with Gasteiger partial charge in [0.15, 0.2) is 5.78 Å². The van der Waals surface area contributed by atoms with E-state index in [2.05, 4.69) is 20.8 Å². The van der Waals surface area contributed by atoms with Gasteiger partial charge in [-0.2, -0.15) is 0 Å². The molecule has 3 nitrogen and oxygen atoms in total. The summed E-state index contributed by atoms with van der Waals surface area (Å²) >= 11 is 0. The maximum absolute atomic E-state index is 13.2. The summed E-state index contributed by atoms with van der Waals surface area (Å²) in [5, 5.41) is 0. The van der Waals surface area contributed by atoms with Crippen molar-refractivity contribution in [1.82, 2.24) is 0 Å². The van der Waals surface area contributed by atoms with Gasteiger partial charge >= 0.3 is 0 Å². The summed E-state index contributed by atoms with van der Waals surface area (Å²) in [7, 11) is 0. The summed E-state index contributed by atoms with van der Waals surface area (Å²) in [5.41, 5.74) is 3.37. The molecule has 1 saturated heterocycles. The van der Waals surface area contributed by atoms with Crippen LogP contribution < -0.4 is 4.74 Å². The summed E-state index contributed by atoms with van der Waals surface area (Å²) < 4.78 is 11.1. The van der Waals surface area contributed by atoms with E-state index in [-0.39, 0.29) is 17.3 Å². The van der Waals surface area contributed by atoms with Gasteiger partial charge in [-0.05, 0) is 35.6 Å². The molecule has 2 aromatic carbocycles. The van der Waals surface area contributed by atoms with Crippen LogP contribution in [0.25, 0.3) is 0 Å². The third kappa shape index (κ3) is 3.68. The number of benzene rings is 2. The SMILES string of the molecule is Cc1ccc(C(=O)c2ccccc2C(C)(C)C)c(OCC2CO2)c1. The van der Waals surface area contributed by atoms with Crippen LogP contribution in [-0.2, 0) is 10.2 Å². The number of ether oxygens (including phenoxy) is 2. The zero-order valence-corrected chi connectivity index (χ0v) is 14.8. The molecule has 1 fully saturated rings. The minimum Gasteiger partial charge on any atom is -0.490 e. The Bertz CT molecular complexity index is 752. The van der Waals surface area contributed by atoms with Crippen LogP contribution in [0.3, 0.4) is 0 Å². The molecular formula is C21H24O3. The Kier molecular flexibility index (Phi) is 4.46. The summed E-state index contributed by atoms with van der Waals surface area (Å²) in [5.74, 6) is 0.645. The first-order valence-electron chi connectivity index (χ1n) is 8.35. The van der Waals surface area contributed by atoms with Gasteiger partial charge in [0.2, 0.25) is 0 Å². The van der Waals surface area contributed by atoms with E-state index in [1.807, 2.05) is 49.4 Å². The molecule has 0 aromatic heterocycles. The molecule has 0 saturated carbocycles. The van der Waals surface area contributed by atoms with Crippen LogP contribution in [0.15, 0.2) is 42.5 Å². The van der Waals surface area contributed by atoms with Crippen LogP contribution >= 0.6 is 0 Å². The van der Waals surface area contributed by atoms with Crippen molar-refractivity contribution >= 4 is 5.78 Å². The van der Waals surface area contributed by atoms with Gasteiger partial charge in [0, 0.05) is 5.56 Å². The Morgan fingerprint density at radius 2 is 1.88 bits per heavy atom. The van der Waals surface area contributed by atoms with E-state index in [1.54, 1.807) is 0 Å². The van der Waals surface area contributed by atoms with Gasteiger partial charge in [0.1, 0.15) is 18.5 Å². The van der Waals surface area contributed by atoms with Crippen LogP contribution in [-0.4, -0.2) is 25.1 Å². The molecule has 0 radical (unpaired) electrons. The Morgan fingerprint density at radius 3 is 2.54 bits per heavy atom. The van der Waals surface area contributed by atoms with E-state index in [0.29, 0.717) is 17.9 Å². The number of hydrogen-bond acceptors (Lipinski definition) is 3. The second kappa shape index (κ2) is 6.40. The molecule has 1 aliphatic heterocycles. The first-order chi connectivity index (χ1) is 11.4. The normalized spacial score (nSPS) is 16.8. The summed E-state index contributed by atoms with van der Waals surface area (Å²) in [4.78, 5) is 13.2. The van der Waals surface area contributed by atoms with Gasteiger partial charge in [-0.3, -0.25) is 4.79 Å². The van der Waals surface area contributed by atoms with Gasteiger partial charge in [0.25, 0.3) is 0 Å². The number of carbonyl (C=O) groups excluding carboxylic acids is 1. The molecular weight excluding hydrogens is 300 g/mol. The highest BCUT2D eigenvalue weighted by Gasteiger charge is 2.26. The second-order valence-corrected chi connectivity index (χ2v) is 7.39. The Hall–Kier alpha value is -2.13. The monoisotopic (exact) mass is 324 g/mol. The summed E-state index contributed by atoms with van der Waals surface area (Å²) in [6, 6.07) is 13.6. The number of carbonyl (C=O) groups is 1. The highest BCUT2D eigenvalue weighted by atomic mass is 16.6. The second-order valence-electron chi connectivity index (χ2n) is 7.39. The largest absolute Gasteiger partial charge is 0.490 e. The lowest BCUT2D eigenvalue weighted by Crippen LogP contribution is -2.18. The van der Waals surface area contributed by atoms with E-state index >= 15 is 0 Å². The molecule has 0 aliphatic carbocycles. The quantitative estimate of drug-likeness (QED) is 0.608. The number of aryl methyl sites for hydroxylation is 1. The fourth-order valence-corrected chi connectivity index (χ4v) is 2.76. The van der Waals surface area contributed by atoms with Gasteiger partial charge in [-0.15, -0.1) is 0 Å². The van der Waals surface area contributed by atoms with E-state index in [9.17, 15) is 4.79 Å². The molecule has 1 heterocycles. The zero-order chi connectivity index (χ0) is 17.3. The molecule has 3 rings (SSSR count). The number of hydrogen-bond donors (Lipinski definition) is 0. The first-order valence-corrected chi connectivity index (χ1v) is 8.35. The lowest BCUT2D eigenvalue weighted by atomic mass is 9.81. The number of epoxide rings is 1. The molecule has 1 aliphatic rings. The zero-order valence-electron chi connectivity index (χ0n) is 14.8. The van der Waals surface area contributed by atoms with Crippen LogP contribution in [0, 0.1) is 6.92 Å². The van der Waals surface area contributed by atoms with E-state index in [4.69, 9.17) is 9.47 Å². The fourth-order valence-electron chi connectivity index (χ4n) is 2.76. The van der Waals surface area contributed by atoms with Gasteiger partial charge in [-0.25, -0.2) is 0 Å². The highest BCUT2D eigenvalue weighted by Crippen LogP contribution is 2.30. The molecule has 2 aromatic rings. The lowest BCUT2D eigenvalue weighted by Gasteiger charge is -2.22. The maximum atomic E-state index is 13.2. The molecule has 3 heteroatoms. The Balaban J connectivity index is 1.98. The van der Waals surface area contributed by atoms with Crippen molar-refractivity contribution in [2.24, 2.45) is 0 Å². The Morgan fingerprint density at radius 1 is 1.17 bits per heavy atom. The van der Waals surface area contributed by atoms with Crippen molar-refractivity contribution < 1.29 is 14.3 Å². The van der Waals surface area contributed by atoms with Crippen molar-refractivity contribution in [2.75, 3.05) is 13.2 Å². The van der Waals surface area contributed by atoms with Gasteiger partial charge < -0.3 is 9.47 Å². The van der Waals surface area contributed by atoms with E-state index in [1.165, 1.54) is 0 Å². The first kappa shape index (κ1) is 16.7. The molecule has 0 N–H and O–H groups in total. The smallest absolute Gasteiger partial charge is 0.197 e. The number of ketones is 1. The summed E-state index contributed by atoms with van der Waals surface area (Å²) in [6.07, 6.45) is 0.162. The van der Waals surface area contributed by atoms with Crippen LogP contribution in [0.5, 0.6) is 5.75 Å². The van der Waals surface area contributed by atoms with Crippen LogP contribution in [0.2, 0.25) is 0 Å². The lowest BCUT2D eigenvalue weighted by molar-refractivity contribution is 0.103.